The van der Waals surface area contributed by atoms with Crippen LogP contribution in [-0.2, 0) is 21.4 Å². The Labute approximate surface area is 105 Å². The van der Waals surface area contributed by atoms with E-state index in [0.717, 1.165) is 36.1 Å². The topological polar surface area (TPSA) is 55.4 Å². The van der Waals surface area contributed by atoms with Gasteiger partial charge in [-0.05, 0) is 42.5 Å². The molecule has 1 N–H and O–H groups in total. The molecule has 0 bridgehead atoms. The van der Waals surface area contributed by atoms with Gasteiger partial charge in [-0.2, -0.15) is 0 Å². The monoisotopic (exact) mass is 245 g/mol. The number of amides is 2. The summed E-state index contributed by atoms with van der Waals surface area (Å²) in [5.41, 5.74) is 1.50. The van der Waals surface area contributed by atoms with E-state index in [1.807, 2.05) is 18.2 Å². The van der Waals surface area contributed by atoms with Crippen LogP contribution in [0, 0.1) is 0 Å². The zero-order valence-corrected chi connectivity index (χ0v) is 10.3. The Morgan fingerprint density at radius 3 is 2.83 bits per heavy atom. The lowest BCUT2D eigenvalue weighted by atomic mass is 9.69. The van der Waals surface area contributed by atoms with Gasteiger partial charge in [-0.3, -0.25) is 14.9 Å². The smallest absolute Gasteiger partial charge is 0.237 e. The van der Waals surface area contributed by atoms with Gasteiger partial charge in [-0.1, -0.05) is 6.07 Å². The molecule has 2 aliphatic rings. The molecule has 0 aromatic heterocycles. The third-order valence-corrected chi connectivity index (χ3v) is 4.03. The van der Waals surface area contributed by atoms with Gasteiger partial charge in [-0.15, -0.1) is 0 Å². The number of benzene rings is 1. The van der Waals surface area contributed by atoms with Crippen molar-refractivity contribution < 1.29 is 14.3 Å². The summed E-state index contributed by atoms with van der Waals surface area (Å²) < 4.78 is 5.21. The highest BCUT2D eigenvalue weighted by Crippen LogP contribution is 2.43. The van der Waals surface area contributed by atoms with Crippen molar-refractivity contribution >= 4 is 11.8 Å². The maximum Gasteiger partial charge on any atom is 0.237 e. The Kier molecular flexibility index (Phi) is 2.40. The largest absolute Gasteiger partial charge is 0.497 e. The summed E-state index contributed by atoms with van der Waals surface area (Å²) in [7, 11) is 1.63. The van der Waals surface area contributed by atoms with Crippen molar-refractivity contribution in [3.05, 3.63) is 29.3 Å². The molecule has 4 heteroatoms. The Hall–Kier alpha value is -1.84. The molecule has 1 fully saturated rings. The van der Waals surface area contributed by atoms with E-state index in [2.05, 4.69) is 5.32 Å². The lowest BCUT2D eigenvalue weighted by Crippen LogP contribution is -2.38. The standard InChI is InChI=1S/C14H15NO3/c1-18-10-4-5-11-9(7-10)3-2-6-14(11)8-12(16)15-13(14)17/h4-5,7H,2-3,6,8H2,1H3,(H,15,16,17)/t14-/m1/s1. The van der Waals surface area contributed by atoms with E-state index < -0.39 is 5.41 Å². The molecule has 4 nitrogen and oxygen atoms in total. The average Bonchev–Trinajstić information content (AvgIpc) is 2.64. The highest BCUT2D eigenvalue weighted by atomic mass is 16.5. The van der Waals surface area contributed by atoms with Crippen molar-refractivity contribution in [1.82, 2.24) is 5.32 Å². The Balaban J connectivity index is 2.12. The molecule has 2 amide bonds. The van der Waals surface area contributed by atoms with Crippen LogP contribution < -0.4 is 10.1 Å². The minimum Gasteiger partial charge on any atom is -0.497 e. The van der Waals surface area contributed by atoms with Gasteiger partial charge in [0.25, 0.3) is 0 Å². The fourth-order valence-corrected chi connectivity index (χ4v) is 3.15. The van der Waals surface area contributed by atoms with E-state index in [0.29, 0.717) is 0 Å². The molecule has 0 unspecified atom stereocenters. The summed E-state index contributed by atoms with van der Waals surface area (Å²) in [6.07, 6.45) is 2.91. The Bertz CT molecular complexity index is 538. The van der Waals surface area contributed by atoms with Crippen LogP contribution in [0.3, 0.4) is 0 Å². The molecule has 1 aliphatic heterocycles. The van der Waals surface area contributed by atoms with Crippen LogP contribution in [0.1, 0.15) is 30.4 Å². The highest BCUT2D eigenvalue weighted by molar-refractivity contribution is 6.09. The van der Waals surface area contributed by atoms with E-state index in [1.54, 1.807) is 7.11 Å². The first-order chi connectivity index (χ1) is 8.65. The molecule has 1 aliphatic carbocycles. The van der Waals surface area contributed by atoms with Crippen molar-refractivity contribution in [3.8, 4) is 5.75 Å². The predicted molar refractivity (Wildman–Crippen MR) is 65.4 cm³/mol. The van der Waals surface area contributed by atoms with Crippen molar-refractivity contribution in [2.45, 2.75) is 31.1 Å². The van der Waals surface area contributed by atoms with E-state index in [-0.39, 0.29) is 18.2 Å². The number of hydrogen-bond acceptors (Lipinski definition) is 3. The summed E-state index contributed by atoms with van der Waals surface area (Å²) in [5, 5.41) is 2.44. The molecule has 1 saturated heterocycles. The molecule has 1 atom stereocenters. The third kappa shape index (κ3) is 1.45. The SMILES string of the molecule is COc1ccc2c(c1)CCC[C@@]21CC(=O)NC1=O. The van der Waals surface area contributed by atoms with Crippen LogP contribution in [0.5, 0.6) is 5.75 Å². The maximum absolute atomic E-state index is 12.1. The molecule has 1 aromatic carbocycles. The van der Waals surface area contributed by atoms with Crippen LogP contribution >= 0.6 is 0 Å². The molecular weight excluding hydrogens is 230 g/mol. The fraction of sp³-hybridized carbons (Fsp3) is 0.429. The second-order valence-corrected chi connectivity index (χ2v) is 5.01. The number of ether oxygens (including phenoxy) is 1. The maximum atomic E-state index is 12.1. The van der Waals surface area contributed by atoms with Gasteiger partial charge in [0.1, 0.15) is 5.75 Å². The highest BCUT2D eigenvalue weighted by Gasteiger charge is 2.49. The zero-order chi connectivity index (χ0) is 12.8. The molecule has 0 radical (unpaired) electrons. The van der Waals surface area contributed by atoms with Gasteiger partial charge in [0.15, 0.2) is 0 Å². The van der Waals surface area contributed by atoms with Crippen LogP contribution in [0.25, 0.3) is 0 Å². The number of aryl methyl sites for hydroxylation is 1. The van der Waals surface area contributed by atoms with Gasteiger partial charge in [0.05, 0.1) is 12.5 Å². The van der Waals surface area contributed by atoms with Gasteiger partial charge in [-0.25, -0.2) is 0 Å². The van der Waals surface area contributed by atoms with Gasteiger partial charge < -0.3 is 4.74 Å². The van der Waals surface area contributed by atoms with Crippen molar-refractivity contribution in [2.75, 3.05) is 7.11 Å². The van der Waals surface area contributed by atoms with Crippen molar-refractivity contribution in [2.24, 2.45) is 0 Å². The van der Waals surface area contributed by atoms with Crippen LogP contribution in [0.4, 0.5) is 0 Å². The normalized spacial score (nSPS) is 26.1. The number of imide groups is 1. The molecule has 94 valence electrons. The van der Waals surface area contributed by atoms with E-state index >= 15 is 0 Å². The van der Waals surface area contributed by atoms with Crippen LogP contribution in [0.2, 0.25) is 0 Å². The first-order valence-corrected chi connectivity index (χ1v) is 6.17. The lowest BCUT2D eigenvalue weighted by Gasteiger charge is -2.32. The Morgan fingerprint density at radius 1 is 1.33 bits per heavy atom. The molecule has 1 spiro atoms. The summed E-state index contributed by atoms with van der Waals surface area (Å²) in [4.78, 5) is 23.6. The van der Waals surface area contributed by atoms with Gasteiger partial charge in [0.2, 0.25) is 11.8 Å². The minimum absolute atomic E-state index is 0.140. The number of carbonyl (C=O) groups is 2. The summed E-state index contributed by atoms with van der Waals surface area (Å²) in [6.45, 7) is 0. The second-order valence-electron chi connectivity index (χ2n) is 5.01. The number of rotatable bonds is 1. The van der Waals surface area contributed by atoms with Crippen molar-refractivity contribution in [3.63, 3.8) is 0 Å². The van der Waals surface area contributed by atoms with Crippen LogP contribution in [0.15, 0.2) is 18.2 Å². The summed E-state index contributed by atoms with van der Waals surface area (Å²) in [6, 6.07) is 5.78. The first kappa shape index (κ1) is 11.3. The number of carbonyl (C=O) groups excluding carboxylic acids is 2. The summed E-state index contributed by atoms with van der Waals surface area (Å²) >= 11 is 0. The molecular formula is C14H15NO3. The Morgan fingerprint density at radius 2 is 2.17 bits per heavy atom. The fourth-order valence-electron chi connectivity index (χ4n) is 3.15. The average molecular weight is 245 g/mol. The van der Waals surface area contributed by atoms with E-state index in [1.165, 1.54) is 0 Å². The van der Waals surface area contributed by atoms with Crippen LogP contribution in [-0.4, -0.2) is 18.9 Å². The number of hydrogen-bond donors (Lipinski definition) is 1. The molecule has 3 rings (SSSR count). The summed E-state index contributed by atoms with van der Waals surface area (Å²) in [5.74, 6) is 0.498. The number of methoxy groups -OCH3 is 1. The minimum atomic E-state index is -0.628. The lowest BCUT2D eigenvalue weighted by molar-refractivity contribution is -0.126. The predicted octanol–water partition coefficient (Wildman–Crippen LogP) is 1.32. The quantitative estimate of drug-likeness (QED) is 0.759. The van der Waals surface area contributed by atoms with E-state index in [9.17, 15) is 9.59 Å². The number of nitrogens with one attached hydrogen (secondary N) is 1. The molecule has 18 heavy (non-hydrogen) atoms. The molecule has 1 aromatic rings. The third-order valence-electron chi connectivity index (χ3n) is 4.03. The number of fused-ring (bicyclic) bond motifs is 2. The van der Waals surface area contributed by atoms with Crippen molar-refractivity contribution in [1.29, 1.82) is 0 Å². The molecule has 0 saturated carbocycles. The van der Waals surface area contributed by atoms with E-state index in [4.69, 9.17) is 4.74 Å². The first-order valence-electron chi connectivity index (χ1n) is 6.17. The molecule has 1 heterocycles. The van der Waals surface area contributed by atoms with Gasteiger partial charge in [0, 0.05) is 6.42 Å². The zero-order valence-electron chi connectivity index (χ0n) is 10.3. The van der Waals surface area contributed by atoms with Gasteiger partial charge >= 0.3 is 0 Å². The second kappa shape index (κ2) is 3.83.